The van der Waals surface area contributed by atoms with Crippen molar-refractivity contribution in [3.05, 3.63) is 75.1 Å². The van der Waals surface area contributed by atoms with Crippen LogP contribution in [0.1, 0.15) is 46.2 Å². The number of aromatic amines is 1. The summed E-state index contributed by atoms with van der Waals surface area (Å²) in [6, 6.07) is 9.12. The van der Waals surface area contributed by atoms with Gasteiger partial charge >= 0.3 is 5.97 Å². The molecule has 166 valence electrons. The van der Waals surface area contributed by atoms with E-state index in [-0.39, 0.29) is 23.5 Å². The van der Waals surface area contributed by atoms with Gasteiger partial charge in [0.05, 0.1) is 29.8 Å². The molecule has 9 nitrogen and oxygen atoms in total. The largest absolute Gasteiger partial charge is 0.462 e. The van der Waals surface area contributed by atoms with Crippen molar-refractivity contribution in [1.82, 2.24) is 9.97 Å². The number of hydrogen-bond acceptors (Lipinski definition) is 7. The third kappa shape index (κ3) is 6.61. The monoisotopic (exact) mass is 454 g/mol. The first-order chi connectivity index (χ1) is 15.4. The number of esters is 1. The van der Waals surface area contributed by atoms with E-state index in [1.807, 2.05) is 6.92 Å². The summed E-state index contributed by atoms with van der Waals surface area (Å²) in [5.74, 6) is -1.10. The van der Waals surface area contributed by atoms with Crippen LogP contribution in [0.15, 0.2) is 52.8 Å². The number of H-pyrrole nitrogens is 1. The number of nitrogens with zero attached hydrogens (tertiary/aromatic N) is 1. The van der Waals surface area contributed by atoms with Gasteiger partial charge in [-0.25, -0.2) is 9.78 Å². The molecule has 0 bridgehead atoms. The van der Waals surface area contributed by atoms with Gasteiger partial charge in [0.2, 0.25) is 11.5 Å². The molecule has 1 aromatic carbocycles. The number of carbonyl (C=O) groups excluding carboxylic acids is 3. The van der Waals surface area contributed by atoms with E-state index in [2.05, 4.69) is 20.6 Å². The summed E-state index contributed by atoms with van der Waals surface area (Å²) in [4.78, 5) is 54.1. The number of ether oxygens (including phenoxy) is 1. The number of rotatable bonds is 9. The Morgan fingerprint density at radius 2 is 1.81 bits per heavy atom. The van der Waals surface area contributed by atoms with Crippen LogP contribution < -0.4 is 16.2 Å². The van der Waals surface area contributed by atoms with Gasteiger partial charge in [-0.05, 0) is 36.8 Å². The quantitative estimate of drug-likeness (QED) is 0.336. The summed E-state index contributed by atoms with van der Waals surface area (Å²) < 4.78 is 5.15. The minimum Gasteiger partial charge on any atom is -0.462 e. The van der Waals surface area contributed by atoms with E-state index in [0.29, 0.717) is 28.7 Å². The van der Waals surface area contributed by atoms with Crippen LogP contribution in [-0.4, -0.2) is 34.4 Å². The molecule has 3 aromatic rings. The second-order valence-electron chi connectivity index (χ2n) is 6.83. The van der Waals surface area contributed by atoms with Gasteiger partial charge in [-0.1, -0.05) is 13.3 Å². The van der Waals surface area contributed by atoms with Gasteiger partial charge in [0, 0.05) is 23.3 Å². The first kappa shape index (κ1) is 22.9. The summed E-state index contributed by atoms with van der Waals surface area (Å²) in [5.41, 5.74) is 1.45. The summed E-state index contributed by atoms with van der Waals surface area (Å²) in [6.07, 6.45) is 3.09. The van der Waals surface area contributed by atoms with Crippen molar-refractivity contribution < 1.29 is 19.1 Å². The normalized spacial score (nSPS) is 10.4. The Morgan fingerprint density at radius 1 is 1.06 bits per heavy atom. The number of aromatic nitrogens is 2. The van der Waals surface area contributed by atoms with Gasteiger partial charge in [0.15, 0.2) is 5.13 Å². The van der Waals surface area contributed by atoms with Crippen LogP contribution in [0.25, 0.3) is 0 Å². The molecule has 2 amide bonds. The first-order valence-electron chi connectivity index (χ1n) is 9.96. The minimum atomic E-state index is -0.417. The Balaban J connectivity index is 1.50. The Hall–Kier alpha value is -3.79. The molecule has 3 N–H and O–H groups in total. The van der Waals surface area contributed by atoms with Crippen LogP contribution >= 0.6 is 11.3 Å². The third-order valence-corrected chi connectivity index (χ3v) is 5.10. The number of benzene rings is 1. The van der Waals surface area contributed by atoms with Crippen molar-refractivity contribution in [3.63, 3.8) is 0 Å². The van der Waals surface area contributed by atoms with Crippen molar-refractivity contribution in [3.8, 4) is 0 Å². The van der Waals surface area contributed by atoms with E-state index >= 15 is 0 Å². The van der Waals surface area contributed by atoms with Crippen molar-refractivity contribution in [1.29, 1.82) is 0 Å². The SMILES string of the molecule is CCCCOC(=O)c1ccc(NC(=O)Cc2csc(NC(=O)c3ccc(=O)[nH]c3)n2)cc1. The number of nitrogens with one attached hydrogen (secondary N) is 3. The number of amides is 2. The maximum Gasteiger partial charge on any atom is 0.338 e. The zero-order valence-electron chi connectivity index (χ0n) is 17.3. The van der Waals surface area contributed by atoms with Crippen molar-refractivity contribution >= 4 is 39.9 Å². The lowest BCUT2D eigenvalue weighted by molar-refractivity contribution is -0.115. The molecule has 0 aliphatic carbocycles. The lowest BCUT2D eigenvalue weighted by Crippen LogP contribution is -2.16. The molecule has 0 radical (unpaired) electrons. The second-order valence-corrected chi connectivity index (χ2v) is 7.69. The summed E-state index contributed by atoms with van der Waals surface area (Å²) in [7, 11) is 0. The smallest absolute Gasteiger partial charge is 0.338 e. The summed E-state index contributed by atoms with van der Waals surface area (Å²) in [5, 5.41) is 7.39. The molecule has 0 fully saturated rings. The van der Waals surface area contributed by atoms with E-state index in [4.69, 9.17) is 4.74 Å². The Kier molecular flexibility index (Phi) is 7.87. The van der Waals surface area contributed by atoms with E-state index in [9.17, 15) is 19.2 Å². The van der Waals surface area contributed by atoms with Crippen LogP contribution in [0.2, 0.25) is 0 Å². The highest BCUT2D eigenvalue weighted by molar-refractivity contribution is 7.14. The fourth-order valence-electron chi connectivity index (χ4n) is 2.62. The average molecular weight is 455 g/mol. The molecule has 0 aliphatic heterocycles. The molecule has 0 saturated carbocycles. The number of pyridine rings is 1. The molecule has 32 heavy (non-hydrogen) atoms. The molecule has 3 rings (SSSR count). The van der Waals surface area contributed by atoms with Gasteiger partial charge in [0.1, 0.15) is 0 Å². The zero-order valence-corrected chi connectivity index (χ0v) is 18.2. The predicted molar refractivity (Wildman–Crippen MR) is 121 cm³/mol. The topological polar surface area (TPSA) is 130 Å². The van der Waals surface area contributed by atoms with Crippen LogP contribution in [0.5, 0.6) is 0 Å². The highest BCUT2D eigenvalue weighted by atomic mass is 32.1. The summed E-state index contributed by atoms with van der Waals surface area (Å²) in [6.45, 7) is 2.40. The lowest BCUT2D eigenvalue weighted by Gasteiger charge is -2.06. The average Bonchev–Trinajstić information content (AvgIpc) is 3.21. The lowest BCUT2D eigenvalue weighted by atomic mass is 10.2. The highest BCUT2D eigenvalue weighted by Gasteiger charge is 2.12. The second kappa shape index (κ2) is 11.0. The van der Waals surface area contributed by atoms with Gasteiger partial charge in [-0.3, -0.25) is 19.7 Å². The third-order valence-electron chi connectivity index (χ3n) is 4.30. The maximum atomic E-state index is 12.3. The van der Waals surface area contributed by atoms with Crippen molar-refractivity contribution in [2.75, 3.05) is 17.2 Å². The maximum absolute atomic E-state index is 12.3. The molecule has 0 atom stereocenters. The number of anilines is 2. The van der Waals surface area contributed by atoms with E-state index in [1.54, 1.807) is 29.6 Å². The van der Waals surface area contributed by atoms with Crippen LogP contribution in [0.3, 0.4) is 0 Å². The molecule has 2 heterocycles. The standard InChI is InChI=1S/C22H22N4O5S/c1-2-3-10-31-21(30)14-4-7-16(8-5-14)24-19(28)11-17-13-32-22(25-17)26-20(29)15-6-9-18(27)23-12-15/h4-9,12-13H,2-3,10-11H2,1H3,(H,23,27)(H,24,28)(H,25,26,29). The molecule has 0 unspecified atom stereocenters. The van der Waals surface area contributed by atoms with E-state index < -0.39 is 11.9 Å². The van der Waals surface area contributed by atoms with Crippen LogP contribution in [0, 0.1) is 0 Å². The Labute approximate surface area is 187 Å². The molecule has 0 saturated heterocycles. The fraction of sp³-hybridized carbons (Fsp3) is 0.227. The molecular weight excluding hydrogens is 432 g/mol. The van der Waals surface area contributed by atoms with Gasteiger partial charge < -0.3 is 15.0 Å². The first-order valence-corrected chi connectivity index (χ1v) is 10.8. The molecule has 0 aliphatic rings. The Morgan fingerprint density at radius 3 is 2.50 bits per heavy atom. The molecular formula is C22H22N4O5S. The molecule has 0 spiro atoms. The molecule has 2 aromatic heterocycles. The Bertz CT molecular complexity index is 1130. The minimum absolute atomic E-state index is 0.0197. The number of carbonyl (C=O) groups is 3. The van der Waals surface area contributed by atoms with Crippen molar-refractivity contribution in [2.45, 2.75) is 26.2 Å². The fourth-order valence-corrected chi connectivity index (χ4v) is 3.32. The van der Waals surface area contributed by atoms with Crippen molar-refractivity contribution in [2.24, 2.45) is 0 Å². The van der Waals surface area contributed by atoms with E-state index in [0.717, 1.165) is 12.8 Å². The molecule has 10 heteroatoms. The summed E-state index contributed by atoms with van der Waals surface area (Å²) >= 11 is 1.19. The number of thiazole rings is 1. The highest BCUT2D eigenvalue weighted by Crippen LogP contribution is 2.18. The zero-order chi connectivity index (χ0) is 22.9. The van der Waals surface area contributed by atoms with Crippen LogP contribution in [0.4, 0.5) is 10.8 Å². The predicted octanol–water partition coefficient (Wildman–Crippen LogP) is 3.22. The van der Waals surface area contributed by atoms with Gasteiger partial charge in [-0.15, -0.1) is 11.3 Å². The van der Waals surface area contributed by atoms with Gasteiger partial charge in [-0.2, -0.15) is 0 Å². The number of unbranched alkanes of at least 4 members (excludes halogenated alkanes) is 1. The number of hydrogen-bond donors (Lipinski definition) is 3. The van der Waals surface area contributed by atoms with Gasteiger partial charge in [0.25, 0.3) is 5.91 Å². The van der Waals surface area contributed by atoms with E-state index in [1.165, 1.54) is 29.7 Å². The van der Waals surface area contributed by atoms with Crippen LogP contribution in [-0.2, 0) is 16.0 Å².